The Morgan fingerprint density at radius 2 is 0.710 bits per heavy atom. The van der Waals surface area contributed by atoms with Gasteiger partial charge in [-0.05, 0) is 153 Å². The summed E-state index contributed by atoms with van der Waals surface area (Å²) in [6, 6.07) is 79.9. The number of aromatic nitrogens is 2. The molecule has 0 spiro atoms. The molecule has 0 saturated heterocycles. The first-order valence-corrected chi connectivity index (χ1v) is 21.6. The maximum atomic E-state index is 2.44. The van der Waals surface area contributed by atoms with Crippen LogP contribution in [0.3, 0.4) is 0 Å². The molecule has 0 aliphatic heterocycles. The van der Waals surface area contributed by atoms with Gasteiger partial charge in [0, 0.05) is 32.9 Å². The van der Waals surface area contributed by atoms with Crippen molar-refractivity contribution >= 4 is 54.8 Å². The smallest absolute Gasteiger partial charge is 0.0541 e. The van der Waals surface area contributed by atoms with E-state index >= 15 is 0 Å². The van der Waals surface area contributed by atoms with Crippen LogP contribution in [0.1, 0.15) is 24.0 Å². The number of allylic oxidation sites excluding steroid dienone is 4. The molecule has 0 atom stereocenters. The van der Waals surface area contributed by atoms with Gasteiger partial charge in [-0.3, -0.25) is 0 Å². The van der Waals surface area contributed by atoms with Crippen LogP contribution in [0.5, 0.6) is 0 Å². The van der Waals surface area contributed by atoms with Crippen molar-refractivity contribution in [3.8, 4) is 44.8 Å². The zero-order valence-electron chi connectivity index (χ0n) is 34.2. The number of rotatable bonds is 7. The largest absolute Gasteiger partial charge is 0.309 e. The van der Waals surface area contributed by atoms with Crippen LogP contribution in [-0.4, -0.2) is 9.13 Å². The Morgan fingerprint density at radius 1 is 0.290 bits per heavy atom. The summed E-state index contributed by atoms with van der Waals surface area (Å²) in [5.41, 5.74) is 19.7. The van der Waals surface area contributed by atoms with Crippen LogP contribution in [0.25, 0.3) is 99.5 Å². The Morgan fingerprint density at radius 3 is 1.26 bits per heavy atom. The van der Waals surface area contributed by atoms with Gasteiger partial charge in [0.05, 0.1) is 22.1 Å². The highest BCUT2D eigenvalue weighted by molar-refractivity contribution is 6.13. The summed E-state index contributed by atoms with van der Waals surface area (Å²) in [5, 5.41) is 5.02. The van der Waals surface area contributed by atoms with Gasteiger partial charge in [0.25, 0.3) is 0 Å². The van der Waals surface area contributed by atoms with Crippen LogP contribution >= 0.6 is 0 Å². The van der Waals surface area contributed by atoms with Gasteiger partial charge in [0.1, 0.15) is 0 Å². The highest BCUT2D eigenvalue weighted by atomic mass is 15.0. The molecule has 2 heterocycles. The fourth-order valence-corrected chi connectivity index (χ4v) is 9.78. The second-order valence-electron chi connectivity index (χ2n) is 16.5. The molecule has 0 unspecified atom stereocenters. The number of hydrogen-bond acceptors (Lipinski definition) is 0. The molecule has 1 aliphatic rings. The van der Waals surface area contributed by atoms with Gasteiger partial charge < -0.3 is 9.13 Å². The second kappa shape index (κ2) is 15.0. The van der Waals surface area contributed by atoms with E-state index in [0.29, 0.717) is 0 Å². The fourth-order valence-electron chi connectivity index (χ4n) is 9.78. The molecule has 0 bridgehead atoms. The van der Waals surface area contributed by atoms with Crippen LogP contribution in [0.4, 0.5) is 0 Å². The number of benzene rings is 9. The summed E-state index contributed by atoms with van der Waals surface area (Å²) in [5.74, 6) is 0. The van der Waals surface area contributed by atoms with Crippen molar-refractivity contribution in [2.75, 3.05) is 0 Å². The van der Waals surface area contributed by atoms with E-state index in [1.807, 2.05) is 0 Å². The van der Waals surface area contributed by atoms with E-state index in [0.717, 1.165) is 18.5 Å². The van der Waals surface area contributed by atoms with E-state index in [-0.39, 0.29) is 0 Å². The molecule has 0 saturated carbocycles. The summed E-state index contributed by atoms with van der Waals surface area (Å²) in [6.07, 6.45) is 6.86. The van der Waals surface area contributed by atoms with Crippen molar-refractivity contribution in [2.24, 2.45) is 0 Å². The molecule has 2 heteroatoms. The molecule has 0 radical (unpaired) electrons. The highest BCUT2D eigenvalue weighted by Gasteiger charge is 2.19. The lowest BCUT2D eigenvalue weighted by molar-refractivity contribution is 1.06. The van der Waals surface area contributed by atoms with E-state index in [1.165, 1.54) is 105 Å². The van der Waals surface area contributed by atoms with Gasteiger partial charge in [-0.2, -0.15) is 0 Å². The summed E-state index contributed by atoms with van der Waals surface area (Å²) < 4.78 is 4.81. The van der Waals surface area contributed by atoms with Crippen LogP contribution in [0, 0.1) is 0 Å². The lowest BCUT2D eigenvalue weighted by atomic mass is 9.87. The first-order chi connectivity index (χ1) is 30.7. The van der Waals surface area contributed by atoms with E-state index in [9.17, 15) is 0 Å². The minimum atomic E-state index is 0.995. The minimum Gasteiger partial charge on any atom is -0.309 e. The molecule has 0 amide bonds. The predicted molar refractivity (Wildman–Crippen MR) is 263 cm³/mol. The van der Waals surface area contributed by atoms with Crippen LogP contribution in [-0.2, 0) is 0 Å². The van der Waals surface area contributed by atoms with E-state index in [1.54, 1.807) is 0 Å². The number of hydrogen-bond donors (Lipinski definition) is 0. The molecule has 0 N–H and O–H groups in total. The lowest BCUT2D eigenvalue weighted by Crippen LogP contribution is -1.95. The third-order valence-electron chi connectivity index (χ3n) is 12.8. The maximum absolute atomic E-state index is 2.44. The van der Waals surface area contributed by atoms with E-state index in [4.69, 9.17) is 0 Å². The average Bonchev–Trinajstić information content (AvgIpc) is 3.87. The molecule has 1 aliphatic carbocycles. The van der Waals surface area contributed by atoms with Gasteiger partial charge >= 0.3 is 0 Å². The van der Waals surface area contributed by atoms with Crippen molar-refractivity contribution in [3.63, 3.8) is 0 Å². The Hall–Kier alpha value is -7.94. The molecule has 0 fully saturated rings. The molecular formula is C60H42N2. The van der Waals surface area contributed by atoms with Crippen molar-refractivity contribution in [1.29, 1.82) is 0 Å². The first-order valence-electron chi connectivity index (χ1n) is 21.6. The van der Waals surface area contributed by atoms with Crippen molar-refractivity contribution < 1.29 is 0 Å². The first kappa shape index (κ1) is 36.0. The fraction of sp³-hybridized carbons (Fsp3) is 0.0333. The number of fused-ring (bicyclic) bond motifs is 6. The van der Waals surface area contributed by atoms with Crippen molar-refractivity contribution in [1.82, 2.24) is 9.13 Å². The predicted octanol–water partition coefficient (Wildman–Crippen LogP) is 16.1. The Bertz CT molecular complexity index is 3470. The second-order valence-corrected chi connectivity index (χ2v) is 16.5. The van der Waals surface area contributed by atoms with Gasteiger partial charge in [0.2, 0.25) is 0 Å². The molecule has 292 valence electrons. The molecular weight excluding hydrogens is 749 g/mol. The Labute approximate surface area is 361 Å². The molecule has 11 aromatic rings. The number of para-hydroxylation sites is 3. The monoisotopic (exact) mass is 790 g/mol. The van der Waals surface area contributed by atoms with Crippen LogP contribution in [0.2, 0.25) is 0 Å². The molecule has 12 rings (SSSR count). The van der Waals surface area contributed by atoms with Gasteiger partial charge in [0.15, 0.2) is 0 Å². The van der Waals surface area contributed by atoms with Crippen molar-refractivity contribution in [3.05, 3.63) is 242 Å². The molecule has 9 aromatic carbocycles. The standard InChI is InChI=1S/C60H42N2/c1-5-16-41(17-6-1)48-35-49(42-18-7-2-8-19-42)37-50(36-48)44-21-15-20-43(34-44)45-28-32-59-55(39-45)56-40-47(30-33-60(56)62(59)52-24-11-4-12-25-52)46-29-31-58-54(38-46)53-26-13-14-27-57(53)61(58)51-22-9-3-10-23-51/h1-14,16-20,22-40H,15,21H2. The van der Waals surface area contributed by atoms with Crippen LogP contribution in [0.15, 0.2) is 231 Å². The van der Waals surface area contributed by atoms with Gasteiger partial charge in [-0.1, -0.05) is 146 Å². The highest BCUT2D eigenvalue weighted by Crippen LogP contribution is 2.41. The van der Waals surface area contributed by atoms with E-state index < -0.39 is 0 Å². The third-order valence-corrected chi connectivity index (χ3v) is 12.8. The summed E-state index contributed by atoms with van der Waals surface area (Å²) >= 11 is 0. The Balaban J connectivity index is 0.992. The zero-order chi connectivity index (χ0) is 41.0. The molecule has 2 nitrogen and oxygen atoms in total. The molecule has 2 aromatic heterocycles. The third kappa shape index (κ3) is 6.19. The quantitative estimate of drug-likeness (QED) is 0.152. The van der Waals surface area contributed by atoms with Gasteiger partial charge in [-0.15, -0.1) is 0 Å². The number of nitrogens with zero attached hydrogens (tertiary/aromatic N) is 2. The topological polar surface area (TPSA) is 9.86 Å². The van der Waals surface area contributed by atoms with Crippen LogP contribution < -0.4 is 0 Å². The minimum absolute atomic E-state index is 0.995. The summed E-state index contributed by atoms with van der Waals surface area (Å²) in [6.45, 7) is 0. The zero-order valence-corrected chi connectivity index (χ0v) is 34.2. The molecule has 62 heavy (non-hydrogen) atoms. The summed E-state index contributed by atoms with van der Waals surface area (Å²) in [4.78, 5) is 0. The van der Waals surface area contributed by atoms with Crippen molar-refractivity contribution in [2.45, 2.75) is 12.8 Å². The lowest BCUT2D eigenvalue weighted by Gasteiger charge is -2.17. The summed E-state index contributed by atoms with van der Waals surface area (Å²) in [7, 11) is 0. The SMILES string of the molecule is C1=C(c2ccc3c(c2)c2cc(-c4ccc5c(c4)c4ccccc4n5-c4ccccc4)ccc2n3-c2ccccc2)C=C(c2cc(-c3ccccc3)cc(-c3ccccc3)c2)CC1. The normalized spacial score (nSPS) is 12.9. The Kier molecular flexibility index (Phi) is 8.67. The van der Waals surface area contributed by atoms with E-state index in [2.05, 4.69) is 240 Å². The van der Waals surface area contributed by atoms with Gasteiger partial charge in [-0.25, -0.2) is 0 Å². The maximum Gasteiger partial charge on any atom is 0.0541 e. The average molecular weight is 791 g/mol.